The van der Waals surface area contributed by atoms with Crippen molar-refractivity contribution in [3.05, 3.63) is 0 Å². The Hall–Kier alpha value is -0.380. The van der Waals surface area contributed by atoms with Crippen LogP contribution in [-0.4, -0.2) is 18.8 Å². The molecule has 66 valence electrons. The van der Waals surface area contributed by atoms with Gasteiger partial charge in [-0.2, -0.15) is 0 Å². The third kappa shape index (κ3) is 2.29. The molecule has 0 heterocycles. The Kier molecular flexibility index (Phi) is 3.23. The maximum absolute atomic E-state index is 11.1. The largest absolute Gasteiger partial charge is 0.281 e. The Bertz CT molecular complexity index is 236. The Morgan fingerprint density at radius 3 is 1.55 bits per heavy atom. The van der Waals surface area contributed by atoms with Crippen LogP contribution in [0.25, 0.3) is 0 Å². The van der Waals surface area contributed by atoms with Gasteiger partial charge in [-0.15, -0.1) is 0 Å². The van der Waals surface area contributed by atoms with Gasteiger partial charge < -0.3 is 0 Å². The molecule has 0 saturated heterocycles. The first kappa shape index (κ1) is 10.6. The number of hydrogen-bond acceptors (Lipinski definition) is 3. The fourth-order valence-corrected chi connectivity index (χ4v) is 1.68. The summed E-state index contributed by atoms with van der Waals surface area (Å²) in [7, 11) is -3.52. The molecule has 3 nitrogen and oxygen atoms in total. The number of hydrogen-bond donors (Lipinski definition) is 0. The quantitative estimate of drug-likeness (QED) is 0.633. The summed E-state index contributed by atoms with van der Waals surface area (Å²) in [6, 6.07) is 0. The highest BCUT2D eigenvalue weighted by Crippen LogP contribution is 2.08. The van der Waals surface area contributed by atoms with Crippen LogP contribution in [0.15, 0.2) is 0 Å². The summed E-state index contributed by atoms with van der Waals surface area (Å²) in [6.07, 6.45) is 0. The topological polar surface area (TPSA) is 51.2 Å². The summed E-state index contributed by atoms with van der Waals surface area (Å²) in [5.41, 5.74) is 0. The lowest BCUT2D eigenvalue weighted by Crippen LogP contribution is -2.27. The van der Waals surface area contributed by atoms with E-state index in [1.807, 2.05) is 0 Å². The molecule has 0 rings (SSSR count). The molecule has 0 amide bonds. The summed E-state index contributed by atoms with van der Waals surface area (Å²) >= 11 is 0. The van der Waals surface area contributed by atoms with E-state index in [2.05, 4.69) is 0 Å². The maximum atomic E-state index is 11.1. The molecular formula is C7H14O3S. The zero-order valence-corrected chi connectivity index (χ0v) is 8.10. The van der Waals surface area contributed by atoms with Crippen LogP contribution in [0.5, 0.6) is 0 Å². The highest BCUT2D eigenvalue weighted by Gasteiger charge is 2.27. The van der Waals surface area contributed by atoms with Crippen molar-refractivity contribution in [2.45, 2.75) is 32.9 Å². The van der Waals surface area contributed by atoms with Gasteiger partial charge in [0, 0.05) is 5.92 Å². The van der Waals surface area contributed by atoms with E-state index >= 15 is 0 Å². The molecule has 0 aliphatic rings. The van der Waals surface area contributed by atoms with Crippen LogP contribution in [0.1, 0.15) is 27.7 Å². The first-order valence-electron chi connectivity index (χ1n) is 3.58. The number of carbonyl (C=O) groups is 1. The molecule has 0 fully saturated rings. The lowest BCUT2D eigenvalue weighted by molar-refractivity contribution is -0.114. The van der Waals surface area contributed by atoms with Crippen LogP contribution in [0.3, 0.4) is 0 Å². The van der Waals surface area contributed by atoms with E-state index in [0.717, 1.165) is 0 Å². The molecule has 0 aromatic carbocycles. The van der Waals surface area contributed by atoms with Crippen LogP contribution in [0.4, 0.5) is 0 Å². The number of carbonyl (C=O) groups excluding carboxylic acids is 1. The molecule has 11 heavy (non-hydrogen) atoms. The minimum absolute atomic E-state index is 0.428. The Morgan fingerprint density at radius 1 is 1.09 bits per heavy atom. The van der Waals surface area contributed by atoms with Gasteiger partial charge in [-0.25, -0.2) is 8.42 Å². The van der Waals surface area contributed by atoms with E-state index in [-0.39, 0.29) is 0 Å². The van der Waals surface area contributed by atoms with Crippen LogP contribution >= 0.6 is 0 Å². The molecule has 0 N–H and O–H groups in total. The van der Waals surface area contributed by atoms with Crippen molar-refractivity contribution in [2.24, 2.45) is 5.92 Å². The molecule has 0 radical (unpaired) electrons. The van der Waals surface area contributed by atoms with Crippen LogP contribution < -0.4 is 0 Å². The molecule has 0 aliphatic heterocycles. The molecule has 0 unspecified atom stereocenters. The molecule has 0 aromatic rings. The first-order valence-corrected chi connectivity index (χ1v) is 5.12. The normalized spacial score (nSPS) is 12.5. The van der Waals surface area contributed by atoms with E-state index in [1.165, 1.54) is 13.8 Å². The molecule has 0 aliphatic carbocycles. The van der Waals surface area contributed by atoms with Crippen LogP contribution in [-0.2, 0) is 14.6 Å². The van der Waals surface area contributed by atoms with E-state index < -0.39 is 26.1 Å². The molecule has 0 atom stereocenters. The van der Waals surface area contributed by atoms with Crippen molar-refractivity contribution in [2.75, 3.05) is 0 Å². The fraction of sp³-hybridized carbons (Fsp3) is 0.857. The first-order chi connectivity index (χ1) is 4.80. The summed E-state index contributed by atoms with van der Waals surface area (Å²) < 4.78 is 22.2. The predicted molar refractivity (Wildman–Crippen MR) is 43.9 cm³/mol. The zero-order chi connectivity index (χ0) is 9.23. The van der Waals surface area contributed by atoms with Crippen molar-refractivity contribution in [1.82, 2.24) is 0 Å². The fourth-order valence-electron chi connectivity index (χ4n) is 0.561. The van der Waals surface area contributed by atoms with Gasteiger partial charge in [-0.05, 0) is 13.8 Å². The Labute approximate surface area is 67.7 Å². The molecule has 0 bridgehead atoms. The van der Waals surface area contributed by atoms with Gasteiger partial charge in [0.2, 0.25) is 15.0 Å². The molecular weight excluding hydrogens is 164 g/mol. The smallest absolute Gasteiger partial charge is 0.249 e. The highest BCUT2D eigenvalue weighted by molar-refractivity contribution is 8.06. The van der Waals surface area contributed by atoms with Gasteiger partial charge in [0.1, 0.15) is 0 Å². The molecule has 0 aromatic heterocycles. The second-order valence-corrected chi connectivity index (χ2v) is 5.50. The third-order valence-corrected chi connectivity index (χ3v) is 3.65. The van der Waals surface area contributed by atoms with Crippen molar-refractivity contribution < 1.29 is 13.2 Å². The third-order valence-electron chi connectivity index (χ3n) is 1.37. The van der Waals surface area contributed by atoms with E-state index in [9.17, 15) is 13.2 Å². The summed E-state index contributed by atoms with van der Waals surface area (Å²) in [6.45, 7) is 6.19. The van der Waals surface area contributed by atoms with Crippen molar-refractivity contribution in [3.8, 4) is 0 Å². The van der Waals surface area contributed by atoms with Crippen LogP contribution in [0.2, 0.25) is 0 Å². The van der Waals surface area contributed by atoms with Crippen LogP contribution in [0, 0.1) is 5.92 Å². The number of rotatable bonds is 2. The van der Waals surface area contributed by atoms with Gasteiger partial charge >= 0.3 is 0 Å². The van der Waals surface area contributed by atoms with Gasteiger partial charge in [-0.3, -0.25) is 4.79 Å². The van der Waals surface area contributed by atoms with Crippen molar-refractivity contribution in [3.63, 3.8) is 0 Å². The van der Waals surface area contributed by atoms with Gasteiger partial charge in [0.25, 0.3) is 0 Å². The summed E-state index contributed by atoms with van der Waals surface area (Å²) in [4.78, 5) is 11.0. The second kappa shape index (κ2) is 3.34. The predicted octanol–water partition coefficient (Wildman–Crippen LogP) is 0.992. The summed E-state index contributed by atoms with van der Waals surface area (Å²) in [5, 5.41) is -1.26. The SMILES string of the molecule is CC(C)C(=O)S(=O)(=O)C(C)C. The maximum Gasteiger partial charge on any atom is 0.249 e. The standard InChI is InChI=1S/C7H14O3S/c1-5(2)7(8)11(9,10)6(3)4/h5-6H,1-4H3. The van der Waals surface area contributed by atoms with E-state index in [0.29, 0.717) is 0 Å². The summed E-state index contributed by atoms with van der Waals surface area (Å²) in [5.74, 6) is -0.428. The van der Waals surface area contributed by atoms with E-state index in [1.54, 1.807) is 13.8 Å². The highest BCUT2D eigenvalue weighted by atomic mass is 32.2. The van der Waals surface area contributed by atoms with Crippen molar-refractivity contribution in [1.29, 1.82) is 0 Å². The lowest BCUT2D eigenvalue weighted by atomic mass is 10.3. The monoisotopic (exact) mass is 178 g/mol. The minimum Gasteiger partial charge on any atom is -0.281 e. The number of sulfone groups is 1. The lowest BCUT2D eigenvalue weighted by Gasteiger charge is -2.07. The van der Waals surface area contributed by atoms with Gasteiger partial charge in [-0.1, -0.05) is 13.8 Å². The molecule has 4 heteroatoms. The minimum atomic E-state index is -3.52. The van der Waals surface area contributed by atoms with Crippen molar-refractivity contribution >= 4 is 15.0 Å². The second-order valence-electron chi connectivity index (χ2n) is 3.07. The zero-order valence-electron chi connectivity index (χ0n) is 7.29. The van der Waals surface area contributed by atoms with E-state index in [4.69, 9.17) is 0 Å². The molecule has 0 spiro atoms. The molecule has 0 saturated carbocycles. The average molecular weight is 178 g/mol. The van der Waals surface area contributed by atoms with Gasteiger partial charge in [0.15, 0.2) is 0 Å². The Balaban J connectivity index is 4.74. The Morgan fingerprint density at radius 2 is 1.45 bits per heavy atom. The van der Waals surface area contributed by atoms with Gasteiger partial charge in [0.05, 0.1) is 5.25 Å². The average Bonchev–Trinajstić information content (AvgIpc) is 1.85.